The van der Waals surface area contributed by atoms with Gasteiger partial charge in [0.15, 0.2) is 5.78 Å². The van der Waals surface area contributed by atoms with Crippen molar-refractivity contribution in [2.45, 2.75) is 25.4 Å². The monoisotopic (exact) mass is 359 g/mol. The van der Waals surface area contributed by atoms with Crippen molar-refractivity contribution in [2.75, 3.05) is 18.0 Å². The fourth-order valence-electron chi connectivity index (χ4n) is 3.53. The summed E-state index contributed by atoms with van der Waals surface area (Å²) in [5, 5.41) is 10.9. The standard InChI is InChI=1S/C23H23N2O2/c26-20-12-14-25(15-13-20)23-19(16-18-8-4-5-9-21(18)24-23)10-11-22(27)17-6-2-1-3-7-17/h1-2,4-11,16,20,26H,3,12-15H2. The Bertz CT molecular complexity index is 935. The van der Waals surface area contributed by atoms with Gasteiger partial charge in [-0.05, 0) is 50.0 Å². The van der Waals surface area contributed by atoms with Crippen molar-refractivity contribution in [1.82, 2.24) is 4.98 Å². The molecule has 27 heavy (non-hydrogen) atoms. The highest BCUT2D eigenvalue weighted by molar-refractivity contribution is 6.08. The number of aliphatic hydroxyl groups is 1. The Morgan fingerprint density at radius 2 is 2.04 bits per heavy atom. The molecule has 0 saturated carbocycles. The number of fused-ring (bicyclic) bond motifs is 1. The molecular weight excluding hydrogens is 336 g/mol. The molecular formula is C23H23N2O2. The molecule has 2 heterocycles. The van der Waals surface area contributed by atoms with E-state index in [0.717, 1.165) is 60.2 Å². The minimum atomic E-state index is -0.232. The fourth-order valence-corrected chi connectivity index (χ4v) is 3.53. The Morgan fingerprint density at radius 1 is 1.22 bits per heavy atom. The molecule has 1 aliphatic heterocycles. The molecule has 1 aromatic carbocycles. The summed E-state index contributed by atoms with van der Waals surface area (Å²) in [6, 6.07) is 10.1. The van der Waals surface area contributed by atoms with Crippen LogP contribution in [0.5, 0.6) is 0 Å². The van der Waals surface area contributed by atoms with Crippen LogP contribution in [-0.2, 0) is 4.79 Å². The van der Waals surface area contributed by atoms with Gasteiger partial charge in [0.05, 0.1) is 11.6 Å². The highest BCUT2D eigenvalue weighted by atomic mass is 16.3. The summed E-state index contributed by atoms with van der Waals surface area (Å²) in [6.07, 6.45) is 13.3. The highest BCUT2D eigenvalue weighted by Crippen LogP contribution is 2.27. The molecule has 1 aromatic heterocycles. The van der Waals surface area contributed by atoms with E-state index in [0.29, 0.717) is 0 Å². The molecule has 1 saturated heterocycles. The van der Waals surface area contributed by atoms with E-state index in [1.165, 1.54) is 0 Å². The van der Waals surface area contributed by atoms with Crippen LogP contribution in [0.1, 0.15) is 24.8 Å². The number of nitrogens with zero attached hydrogens (tertiary/aromatic N) is 2. The maximum atomic E-state index is 12.5. The molecule has 137 valence electrons. The van der Waals surface area contributed by atoms with Gasteiger partial charge < -0.3 is 10.0 Å². The molecule has 1 fully saturated rings. The number of carbonyl (C=O) groups excluding carboxylic acids is 1. The van der Waals surface area contributed by atoms with E-state index < -0.39 is 0 Å². The summed E-state index contributed by atoms with van der Waals surface area (Å²) in [7, 11) is 0. The minimum Gasteiger partial charge on any atom is -0.393 e. The van der Waals surface area contributed by atoms with Gasteiger partial charge >= 0.3 is 0 Å². The predicted molar refractivity (Wildman–Crippen MR) is 109 cm³/mol. The van der Waals surface area contributed by atoms with Crippen LogP contribution in [-0.4, -0.2) is 35.1 Å². The second-order valence-corrected chi connectivity index (χ2v) is 7.00. The summed E-state index contributed by atoms with van der Waals surface area (Å²) < 4.78 is 0. The first kappa shape index (κ1) is 17.7. The molecule has 4 nitrogen and oxygen atoms in total. The molecule has 0 amide bonds. The van der Waals surface area contributed by atoms with Crippen LogP contribution in [0.15, 0.2) is 60.2 Å². The van der Waals surface area contributed by atoms with Gasteiger partial charge in [-0.1, -0.05) is 36.4 Å². The van der Waals surface area contributed by atoms with E-state index in [2.05, 4.69) is 11.0 Å². The quantitative estimate of drug-likeness (QED) is 0.842. The lowest BCUT2D eigenvalue weighted by Gasteiger charge is -2.31. The molecule has 0 bridgehead atoms. The van der Waals surface area contributed by atoms with E-state index in [1.54, 1.807) is 6.08 Å². The predicted octanol–water partition coefficient (Wildman–Crippen LogP) is 3.87. The number of rotatable bonds is 4. The van der Waals surface area contributed by atoms with Crippen molar-refractivity contribution in [3.05, 3.63) is 72.2 Å². The fraction of sp³-hybridized carbons (Fsp3) is 0.261. The van der Waals surface area contributed by atoms with Crippen LogP contribution >= 0.6 is 0 Å². The van der Waals surface area contributed by atoms with Crippen molar-refractivity contribution in [1.29, 1.82) is 0 Å². The van der Waals surface area contributed by atoms with Gasteiger partial charge in [-0.2, -0.15) is 0 Å². The Kier molecular flexibility index (Phi) is 5.16. The average molecular weight is 359 g/mol. The summed E-state index contributed by atoms with van der Waals surface area (Å²) >= 11 is 0. The molecule has 0 spiro atoms. The van der Waals surface area contributed by atoms with Crippen LogP contribution in [0.25, 0.3) is 17.0 Å². The third-order valence-corrected chi connectivity index (χ3v) is 5.08. The van der Waals surface area contributed by atoms with Gasteiger partial charge in [0, 0.05) is 29.6 Å². The van der Waals surface area contributed by atoms with Gasteiger partial charge in [-0.15, -0.1) is 0 Å². The van der Waals surface area contributed by atoms with Crippen molar-refractivity contribution in [3.8, 4) is 0 Å². The lowest BCUT2D eigenvalue weighted by molar-refractivity contribution is -0.111. The number of carbonyl (C=O) groups is 1. The largest absolute Gasteiger partial charge is 0.393 e. The van der Waals surface area contributed by atoms with Crippen LogP contribution in [0, 0.1) is 6.42 Å². The molecule has 1 N–H and O–H groups in total. The second-order valence-electron chi connectivity index (χ2n) is 7.00. The van der Waals surface area contributed by atoms with Crippen molar-refractivity contribution < 1.29 is 9.90 Å². The van der Waals surface area contributed by atoms with Gasteiger partial charge in [0.2, 0.25) is 0 Å². The van der Waals surface area contributed by atoms with Gasteiger partial charge in [-0.3, -0.25) is 4.79 Å². The number of allylic oxidation sites excluding steroid dienone is 5. The van der Waals surface area contributed by atoms with Crippen molar-refractivity contribution in [2.24, 2.45) is 0 Å². The smallest absolute Gasteiger partial charge is 0.185 e. The Labute approximate surface area is 159 Å². The third kappa shape index (κ3) is 4.01. The first-order valence-corrected chi connectivity index (χ1v) is 9.46. The Hall–Kier alpha value is -2.72. The van der Waals surface area contributed by atoms with Gasteiger partial charge in [0.1, 0.15) is 5.82 Å². The molecule has 0 atom stereocenters. The molecule has 0 unspecified atom stereocenters. The van der Waals surface area contributed by atoms with Crippen LogP contribution in [0.3, 0.4) is 0 Å². The van der Waals surface area contributed by atoms with Crippen molar-refractivity contribution >= 4 is 28.6 Å². The lowest BCUT2D eigenvalue weighted by atomic mass is 10.0. The lowest BCUT2D eigenvalue weighted by Crippen LogP contribution is -2.36. The highest BCUT2D eigenvalue weighted by Gasteiger charge is 2.20. The second kappa shape index (κ2) is 7.89. The van der Waals surface area contributed by atoms with Crippen LogP contribution in [0.2, 0.25) is 0 Å². The number of aliphatic hydroxyl groups excluding tert-OH is 1. The summed E-state index contributed by atoms with van der Waals surface area (Å²) in [5.41, 5.74) is 2.60. The molecule has 1 aliphatic carbocycles. The summed E-state index contributed by atoms with van der Waals surface area (Å²) in [4.78, 5) is 19.5. The summed E-state index contributed by atoms with van der Waals surface area (Å²) in [6.45, 7) is 1.54. The summed E-state index contributed by atoms with van der Waals surface area (Å²) in [5.74, 6) is 0.888. The van der Waals surface area contributed by atoms with Crippen LogP contribution in [0.4, 0.5) is 5.82 Å². The number of piperidine rings is 1. The average Bonchev–Trinajstić information content (AvgIpc) is 2.72. The number of ketones is 1. The number of pyridine rings is 1. The number of anilines is 1. The maximum Gasteiger partial charge on any atom is 0.185 e. The van der Waals surface area contributed by atoms with E-state index in [1.807, 2.05) is 55.0 Å². The SMILES string of the molecule is O=C(C=Cc1cc2ccccc2nc1N1CCC(O)CC1)C1=CC[CH]C=C1. The zero-order valence-electron chi connectivity index (χ0n) is 15.2. The molecule has 2 aliphatic rings. The number of benzene rings is 1. The number of hydrogen-bond acceptors (Lipinski definition) is 4. The van der Waals surface area contributed by atoms with Crippen LogP contribution < -0.4 is 4.90 Å². The number of hydrogen-bond donors (Lipinski definition) is 1. The molecule has 1 radical (unpaired) electrons. The number of para-hydroxylation sites is 1. The Balaban J connectivity index is 1.68. The molecule has 2 aromatic rings. The van der Waals surface area contributed by atoms with Gasteiger partial charge in [0.25, 0.3) is 0 Å². The van der Waals surface area contributed by atoms with Gasteiger partial charge in [-0.25, -0.2) is 4.98 Å². The van der Waals surface area contributed by atoms with E-state index >= 15 is 0 Å². The van der Waals surface area contributed by atoms with E-state index in [9.17, 15) is 9.90 Å². The normalized spacial score (nSPS) is 18.3. The first-order valence-electron chi connectivity index (χ1n) is 9.46. The minimum absolute atomic E-state index is 0.00697. The van der Waals surface area contributed by atoms with E-state index in [4.69, 9.17) is 4.98 Å². The molecule has 4 heteroatoms. The van der Waals surface area contributed by atoms with E-state index in [-0.39, 0.29) is 11.9 Å². The van der Waals surface area contributed by atoms with Crippen molar-refractivity contribution in [3.63, 3.8) is 0 Å². The maximum absolute atomic E-state index is 12.5. The number of aromatic nitrogens is 1. The zero-order valence-corrected chi connectivity index (χ0v) is 15.2. The first-order chi connectivity index (χ1) is 13.2. The molecule has 4 rings (SSSR count). The Morgan fingerprint density at radius 3 is 2.81 bits per heavy atom. The zero-order chi connectivity index (χ0) is 18.6. The third-order valence-electron chi connectivity index (χ3n) is 5.08. The topological polar surface area (TPSA) is 53.4 Å².